The van der Waals surface area contributed by atoms with Crippen LogP contribution < -0.4 is 0 Å². The summed E-state index contributed by atoms with van der Waals surface area (Å²) in [6, 6.07) is 30.8. The van der Waals surface area contributed by atoms with Gasteiger partial charge in [0, 0.05) is 16.2 Å². The molecule has 1 nitrogen and oxygen atoms in total. The van der Waals surface area contributed by atoms with Gasteiger partial charge in [0.1, 0.15) is 11.2 Å². The van der Waals surface area contributed by atoms with Crippen molar-refractivity contribution in [2.45, 2.75) is 0 Å². The Kier molecular flexibility index (Phi) is 3.59. The third kappa shape index (κ3) is 3.44. The van der Waals surface area contributed by atoms with E-state index in [4.69, 9.17) is 14.0 Å². The van der Waals surface area contributed by atoms with Crippen molar-refractivity contribution in [3.8, 4) is 22.3 Å². The lowest BCUT2D eigenvalue weighted by atomic mass is 9.82. The summed E-state index contributed by atoms with van der Waals surface area (Å²) < 4.78 is 86.5. The van der Waals surface area contributed by atoms with E-state index in [-0.39, 0.29) is 56.4 Å². The van der Waals surface area contributed by atoms with E-state index in [9.17, 15) is 2.74 Å². The van der Waals surface area contributed by atoms with Gasteiger partial charge in [-0.2, -0.15) is 0 Å². The topological polar surface area (TPSA) is 13.1 Å². The lowest BCUT2D eigenvalue weighted by Gasteiger charge is -2.20. The second kappa shape index (κ2) is 9.29. The molecule has 0 aliphatic rings. The molecule has 0 bridgehead atoms. The molecule has 1 aromatic heterocycles. The highest BCUT2D eigenvalue weighted by molar-refractivity contribution is 6.32. The van der Waals surface area contributed by atoms with Crippen molar-refractivity contribution in [2.24, 2.45) is 0 Å². The van der Waals surface area contributed by atoms with Crippen LogP contribution in [0.4, 0.5) is 0 Å². The highest BCUT2D eigenvalue weighted by Gasteiger charge is 2.22. The molecule has 0 N–H and O–H groups in total. The van der Waals surface area contributed by atoms with E-state index in [0.717, 1.165) is 54.2 Å². The van der Waals surface area contributed by atoms with Gasteiger partial charge in [0.05, 0.1) is 12.3 Å². The maximum atomic E-state index is 9.56. The van der Waals surface area contributed by atoms with Gasteiger partial charge in [-0.25, -0.2) is 0 Å². The van der Waals surface area contributed by atoms with E-state index in [1.807, 2.05) is 66.7 Å². The summed E-state index contributed by atoms with van der Waals surface area (Å²) in [5.41, 5.74) is 2.70. The van der Waals surface area contributed by atoms with Crippen LogP contribution in [0.1, 0.15) is 12.3 Å². The summed E-state index contributed by atoms with van der Waals surface area (Å²) in [4.78, 5) is 0. The van der Waals surface area contributed by atoms with E-state index in [1.165, 1.54) is 0 Å². The van der Waals surface area contributed by atoms with Gasteiger partial charge in [-0.3, -0.25) is 0 Å². The van der Waals surface area contributed by atoms with Gasteiger partial charge in [0.15, 0.2) is 0 Å². The van der Waals surface area contributed by atoms with Crippen molar-refractivity contribution in [2.75, 3.05) is 0 Å². The van der Waals surface area contributed by atoms with E-state index < -0.39 is 36.3 Å². The second-order valence-electron chi connectivity index (χ2n) is 11.3. The zero-order chi connectivity index (χ0) is 37.3. The molecule has 10 rings (SSSR count). The van der Waals surface area contributed by atoms with Gasteiger partial charge in [-0.1, -0.05) is 145 Å². The normalized spacial score (nSPS) is 14.8. The average molecular weight is 580 g/mol. The predicted octanol–water partition coefficient (Wildman–Crippen LogP) is 12.7. The van der Waals surface area contributed by atoms with E-state index >= 15 is 0 Å². The first-order chi connectivity index (χ1) is 26.1. The van der Waals surface area contributed by atoms with Crippen LogP contribution in [-0.4, -0.2) is 0 Å². The van der Waals surface area contributed by atoms with Crippen molar-refractivity contribution in [1.29, 1.82) is 0 Å². The van der Waals surface area contributed by atoms with Gasteiger partial charge in [-0.05, 0) is 82.8 Å². The number of hydrogen-bond donors (Lipinski definition) is 0. The van der Waals surface area contributed by atoms with Gasteiger partial charge in [0.25, 0.3) is 0 Å². The zero-order valence-electron chi connectivity index (χ0n) is 32.7. The molecular weight excluding hydrogens is 544 g/mol. The molecule has 0 aliphatic heterocycles. The maximum Gasteiger partial charge on any atom is 0.143 e. The molecule has 208 valence electrons. The summed E-state index contributed by atoms with van der Waals surface area (Å²) in [5, 5.41) is 7.49. The monoisotopic (exact) mass is 579 g/mol. The first kappa shape index (κ1) is 17.4. The van der Waals surface area contributed by atoms with Crippen molar-refractivity contribution in [3.63, 3.8) is 0 Å². The summed E-state index contributed by atoms with van der Waals surface area (Å²) in [6.07, 6.45) is 0. The van der Waals surface area contributed by atoms with Crippen LogP contribution in [0.15, 0.2) is 162 Å². The number of fused-ring (bicyclic) bond motifs is 10. The molecule has 0 spiro atoms. The van der Waals surface area contributed by atoms with Crippen molar-refractivity contribution in [3.05, 3.63) is 158 Å². The molecule has 10 aromatic rings. The second-order valence-corrected chi connectivity index (χ2v) is 11.3. The lowest BCUT2D eigenvalue weighted by Crippen LogP contribution is -1.93. The Morgan fingerprint density at radius 3 is 1.96 bits per heavy atom. The molecule has 0 atom stereocenters. The predicted molar refractivity (Wildman–Crippen MR) is 192 cm³/mol. The molecule has 0 aliphatic carbocycles. The Bertz CT molecular complexity index is 3320. The van der Waals surface area contributed by atoms with Crippen LogP contribution in [0.3, 0.4) is 0 Å². The minimum Gasteiger partial charge on any atom is -0.455 e. The average Bonchev–Trinajstić information content (AvgIpc) is 3.59. The van der Waals surface area contributed by atoms with Crippen LogP contribution in [0.25, 0.3) is 98.1 Å². The maximum absolute atomic E-state index is 9.56. The minimum absolute atomic E-state index is 0.0562. The molecule has 0 radical (unpaired) electrons. The summed E-state index contributed by atoms with van der Waals surface area (Å²) in [7, 11) is 0. The quantitative estimate of drug-likeness (QED) is 0.147. The fraction of sp³-hybridized carbons (Fsp3) is 0. The molecule has 45 heavy (non-hydrogen) atoms. The Hall–Kier alpha value is -5.92. The largest absolute Gasteiger partial charge is 0.455 e. The number of rotatable bonds is 2. The van der Waals surface area contributed by atoms with Gasteiger partial charge in [0.2, 0.25) is 0 Å². The van der Waals surface area contributed by atoms with Crippen LogP contribution >= 0.6 is 0 Å². The first-order valence-corrected chi connectivity index (χ1v) is 14.8. The van der Waals surface area contributed by atoms with Crippen LogP contribution in [0, 0.1) is 0 Å². The fourth-order valence-corrected chi connectivity index (χ4v) is 7.10. The summed E-state index contributed by atoms with van der Waals surface area (Å²) in [5.74, 6) is 0. The molecule has 1 heteroatoms. The van der Waals surface area contributed by atoms with Crippen molar-refractivity contribution in [1.82, 2.24) is 0 Å². The first-order valence-electron chi connectivity index (χ1n) is 19.3. The van der Waals surface area contributed by atoms with Crippen LogP contribution in [-0.2, 0) is 0 Å². The van der Waals surface area contributed by atoms with Gasteiger partial charge < -0.3 is 4.42 Å². The Labute approximate surface area is 272 Å². The molecule has 0 amide bonds. The summed E-state index contributed by atoms with van der Waals surface area (Å²) in [6.45, 7) is 0. The third-order valence-electron chi connectivity index (χ3n) is 8.97. The molecule has 0 unspecified atom stereocenters. The molecule has 9 aromatic carbocycles. The Balaban J connectivity index is 1.50. The van der Waals surface area contributed by atoms with E-state index in [2.05, 4.69) is 36.4 Å². The van der Waals surface area contributed by atoms with Gasteiger partial charge in [-0.15, -0.1) is 0 Å². The Morgan fingerprint density at radius 1 is 0.378 bits per heavy atom. The smallest absolute Gasteiger partial charge is 0.143 e. The SMILES string of the molecule is [2H]c1c([2H])c(-c2c3ccccc3c(-c3cccc4ccccc34)c3c2ccc2ccccc23)c2c(oc3c4c([2H])c([2H])c([2H])c([2H])c4c([2H])c([2H])c32)c1[2H]. The highest BCUT2D eigenvalue weighted by atomic mass is 16.3. The summed E-state index contributed by atoms with van der Waals surface area (Å²) >= 11 is 0. The molecule has 0 saturated heterocycles. The van der Waals surface area contributed by atoms with Gasteiger partial charge >= 0.3 is 0 Å². The minimum atomic E-state index is -0.531. The molecular formula is C44H26O. The van der Waals surface area contributed by atoms with Crippen molar-refractivity contribution >= 4 is 75.8 Å². The molecule has 1 heterocycles. The number of benzene rings is 9. The lowest BCUT2D eigenvalue weighted by molar-refractivity contribution is 0.673. The van der Waals surface area contributed by atoms with E-state index in [0.29, 0.717) is 5.56 Å². The fourth-order valence-electron chi connectivity index (χ4n) is 7.10. The molecule has 0 fully saturated rings. The van der Waals surface area contributed by atoms with E-state index in [1.54, 1.807) is 0 Å². The third-order valence-corrected chi connectivity index (χ3v) is 8.97. The number of hydrogen-bond acceptors (Lipinski definition) is 1. The van der Waals surface area contributed by atoms with Crippen molar-refractivity contribution < 1.29 is 16.8 Å². The number of furan rings is 1. The highest BCUT2D eigenvalue weighted by Crippen LogP contribution is 2.50. The van der Waals surface area contributed by atoms with Crippen LogP contribution in [0.5, 0.6) is 0 Å². The standard InChI is InChI=1S/C44H26O/c1-4-15-30-27(11-1)14-9-20-33(30)43-35-19-8-7-18-34(35)40(37-25-23-28-12-2-5-16-31(28)42(37)43)36-21-10-22-39-41(36)38-26-24-29-13-3-6-17-32(29)44(38)45-39/h1-26H/i3D,6D,10D,13D,17D,21D,22D,24D,26D. The molecule has 0 saturated carbocycles. The zero-order valence-corrected chi connectivity index (χ0v) is 23.7. The Morgan fingerprint density at radius 2 is 1.09 bits per heavy atom. The van der Waals surface area contributed by atoms with Crippen LogP contribution in [0.2, 0.25) is 0 Å².